The summed E-state index contributed by atoms with van der Waals surface area (Å²) in [7, 11) is 0. The summed E-state index contributed by atoms with van der Waals surface area (Å²) in [6, 6.07) is 77.9. The molecule has 290 valence electrons. The minimum atomic E-state index is 0.841. The Morgan fingerprint density at radius 3 is 1.85 bits per heavy atom. The third-order valence-electron chi connectivity index (χ3n) is 12.6. The van der Waals surface area contributed by atoms with Crippen LogP contribution in [-0.4, -0.2) is 4.57 Å². The van der Waals surface area contributed by atoms with E-state index >= 15 is 0 Å². The highest BCUT2D eigenvalue weighted by atomic mass is 16.3. The maximum absolute atomic E-state index is 7.05. The van der Waals surface area contributed by atoms with Crippen LogP contribution in [0.25, 0.3) is 104 Å². The van der Waals surface area contributed by atoms with Gasteiger partial charge >= 0.3 is 0 Å². The van der Waals surface area contributed by atoms with Crippen molar-refractivity contribution in [2.75, 3.05) is 4.90 Å². The van der Waals surface area contributed by atoms with Gasteiger partial charge in [-0.05, 0) is 94.7 Å². The number of nitrogens with zero attached hydrogens (tertiary/aromatic N) is 2. The average molecular weight is 793 g/mol. The van der Waals surface area contributed by atoms with Gasteiger partial charge in [-0.25, -0.2) is 0 Å². The molecule has 0 aliphatic rings. The molecular weight excluding hydrogens is 757 g/mol. The molecule has 0 radical (unpaired) electrons. The van der Waals surface area contributed by atoms with Crippen molar-refractivity contribution < 1.29 is 8.83 Å². The Hall–Kier alpha value is -8.34. The second-order valence-electron chi connectivity index (χ2n) is 16.0. The minimum Gasteiger partial charge on any atom is -0.456 e. The zero-order chi connectivity index (χ0) is 40.7. The molecule has 0 aliphatic heterocycles. The first-order chi connectivity index (χ1) is 30.8. The van der Waals surface area contributed by atoms with Crippen LogP contribution in [0.2, 0.25) is 0 Å². The molecule has 0 spiro atoms. The minimum absolute atomic E-state index is 0.841. The summed E-state index contributed by atoms with van der Waals surface area (Å²) in [6.07, 6.45) is 0. The van der Waals surface area contributed by atoms with E-state index in [2.05, 4.69) is 216 Å². The largest absolute Gasteiger partial charge is 0.456 e. The van der Waals surface area contributed by atoms with Crippen LogP contribution in [0, 0.1) is 0 Å². The fourth-order valence-electron chi connectivity index (χ4n) is 9.84. The van der Waals surface area contributed by atoms with Crippen molar-refractivity contribution in [3.05, 3.63) is 218 Å². The summed E-state index contributed by atoms with van der Waals surface area (Å²) in [5.41, 5.74) is 14.4. The molecule has 3 heterocycles. The van der Waals surface area contributed by atoms with Gasteiger partial charge in [0.05, 0.1) is 22.1 Å². The van der Waals surface area contributed by atoms with Crippen molar-refractivity contribution in [2.24, 2.45) is 0 Å². The lowest BCUT2D eigenvalue weighted by Gasteiger charge is -2.27. The van der Waals surface area contributed by atoms with Crippen LogP contribution in [-0.2, 0) is 0 Å². The molecule has 0 saturated carbocycles. The van der Waals surface area contributed by atoms with Gasteiger partial charge in [-0.2, -0.15) is 0 Å². The zero-order valence-electron chi connectivity index (χ0n) is 33.5. The molecule has 10 aromatic carbocycles. The fraction of sp³-hybridized carbons (Fsp3) is 0. The molecule has 0 unspecified atom stereocenters. The Labute approximate surface area is 356 Å². The van der Waals surface area contributed by atoms with E-state index in [1.807, 2.05) is 12.1 Å². The average Bonchev–Trinajstić information content (AvgIpc) is 4.02. The first-order valence-corrected chi connectivity index (χ1v) is 21.1. The molecule has 62 heavy (non-hydrogen) atoms. The highest BCUT2D eigenvalue weighted by Gasteiger charge is 2.25. The van der Waals surface area contributed by atoms with E-state index in [0.29, 0.717) is 0 Å². The molecule has 0 amide bonds. The predicted molar refractivity (Wildman–Crippen MR) is 258 cm³/mol. The number of fused-ring (bicyclic) bond motifs is 10. The molecule has 0 aliphatic carbocycles. The highest BCUT2D eigenvalue weighted by Crippen LogP contribution is 2.49. The van der Waals surface area contributed by atoms with Crippen molar-refractivity contribution in [3.63, 3.8) is 0 Å². The maximum atomic E-state index is 7.05. The molecule has 0 N–H and O–H groups in total. The summed E-state index contributed by atoms with van der Waals surface area (Å²) < 4.78 is 15.8. The van der Waals surface area contributed by atoms with E-state index in [-0.39, 0.29) is 0 Å². The number of benzene rings is 10. The normalized spacial score (nSPS) is 11.9. The summed E-state index contributed by atoms with van der Waals surface area (Å²) in [5.74, 6) is 0. The van der Waals surface area contributed by atoms with E-state index in [4.69, 9.17) is 8.83 Å². The number of furan rings is 2. The van der Waals surface area contributed by atoms with Crippen LogP contribution >= 0.6 is 0 Å². The molecule has 4 heteroatoms. The lowest BCUT2D eigenvalue weighted by atomic mass is 9.97. The van der Waals surface area contributed by atoms with Crippen LogP contribution in [0.15, 0.2) is 227 Å². The SMILES string of the molecule is c1ccc(-n2c3ccccc3c3cccc(-c4ccc(N(c5ccc(-c6cccc7ccccc67)cc5)c5ccc6oc7ccccc7c6c5)c5c4oc4ccccc45)c32)cc1. The molecule has 3 aromatic heterocycles. The van der Waals surface area contributed by atoms with Gasteiger partial charge in [-0.1, -0.05) is 146 Å². The van der Waals surface area contributed by atoms with Gasteiger partial charge in [0.1, 0.15) is 22.3 Å². The van der Waals surface area contributed by atoms with Gasteiger partial charge in [-0.15, -0.1) is 0 Å². The fourth-order valence-corrected chi connectivity index (χ4v) is 9.84. The van der Waals surface area contributed by atoms with Gasteiger partial charge < -0.3 is 18.3 Å². The maximum Gasteiger partial charge on any atom is 0.145 e. The van der Waals surface area contributed by atoms with Gasteiger partial charge in [-0.3, -0.25) is 0 Å². The summed E-state index contributed by atoms with van der Waals surface area (Å²) >= 11 is 0. The number of anilines is 3. The molecule has 13 rings (SSSR count). The first kappa shape index (κ1) is 34.5. The number of para-hydroxylation sites is 5. The van der Waals surface area contributed by atoms with Crippen molar-refractivity contribution >= 4 is 93.5 Å². The van der Waals surface area contributed by atoms with E-state index in [0.717, 1.165) is 88.8 Å². The Kier molecular flexibility index (Phi) is 7.57. The second-order valence-corrected chi connectivity index (χ2v) is 16.0. The summed E-state index contributed by atoms with van der Waals surface area (Å²) in [6.45, 7) is 0. The molecule has 0 atom stereocenters. The van der Waals surface area contributed by atoms with Crippen molar-refractivity contribution in [2.45, 2.75) is 0 Å². The summed E-state index contributed by atoms with van der Waals surface area (Å²) in [5, 5.41) is 9.14. The van der Waals surface area contributed by atoms with Crippen molar-refractivity contribution in [1.29, 1.82) is 0 Å². The lowest BCUT2D eigenvalue weighted by Crippen LogP contribution is -2.10. The number of rotatable bonds is 6. The third kappa shape index (κ3) is 5.20. The molecule has 4 nitrogen and oxygen atoms in total. The lowest BCUT2D eigenvalue weighted by molar-refractivity contribution is 0.669. The molecule has 0 fully saturated rings. The Morgan fingerprint density at radius 2 is 1.00 bits per heavy atom. The first-order valence-electron chi connectivity index (χ1n) is 21.1. The third-order valence-corrected chi connectivity index (χ3v) is 12.6. The molecule has 0 saturated heterocycles. The van der Waals surface area contributed by atoms with E-state index in [9.17, 15) is 0 Å². The predicted octanol–water partition coefficient (Wildman–Crippen LogP) is 16.5. The van der Waals surface area contributed by atoms with Gasteiger partial charge in [0.25, 0.3) is 0 Å². The Balaban J connectivity index is 1.08. The quantitative estimate of drug-likeness (QED) is 0.168. The Morgan fingerprint density at radius 1 is 0.371 bits per heavy atom. The summed E-state index contributed by atoms with van der Waals surface area (Å²) in [4.78, 5) is 2.38. The molecule has 13 aromatic rings. The smallest absolute Gasteiger partial charge is 0.145 e. The second kappa shape index (κ2) is 13.6. The van der Waals surface area contributed by atoms with Crippen LogP contribution in [0.1, 0.15) is 0 Å². The Bertz CT molecular complexity index is 3870. The van der Waals surface area contributed by atoms with Crippen LogP contribution in [0.3, 0.4) is 0 Å². The van der Waals surface area contributed by atoms with Gasteiger partial charge in [0.2, 0.25) is 0 Å². The molecule has 0 bridgehead atoms. The van der Waals surface area contributed by atoms with Crippen LogP contribution < -0.4 is 4.90 Å². The molecular formula is C58H36N2O2. The van der Waals surface area contributed by atoms with Crippen molar-refractivity contribution in [1.82, 2.24) is 4.57 Å². The zero-order valence-corrected chi connectivity index (χ0v) is 33.5. The monoisotopic (exact) mass is 792 g/mol. The van der Waals surface area contributed by atoms with Gasteiger partial charge in [0.15, 0.2) is 0 Å². The van der Waals surface area contributed by atoms with E-state index < -0.39 is 0 Å². The standard InChI is InChI=1S/C58H36N2O2/c1-2-16-39(17-3-1)60-51-25-9-6-19-44(51)46-23-13-24-47(57(46)60)48-33-34-52(56-49-21-8-11-27-54(49)62-58(48)56)59(41-32-35-55-50(36-41)45-20-7-10-26-53(45)61-55)40-30-28-38(29-31-40)43-22-12-15-37-14-4-5-18-42(37)43/h1-36H. The number of aromatic nitrogens is 1. The van der Waals surface area contributed by atoms with E-state index in [1.165, 1.54) is 32.6 Å². The number of hydrogen-bond donors (Lipinski definition) is 0. The van der Waals surface area contributed by atoms with Gasteiger partial charge in [0, 0.05) is 55.1 Å². The van der Waals surface area contributed by atoms with E-state index in [1.54, 1.807) is 0 Å². The van der Waals surface area contributed by atoms with Crippen molar-refractivity contribution in [3.8, 4) is 27.9 Å². The number of hydrogen-bond acceptors (Lipinski definition) is 3. The van der Waals surface area contributed by atoms with Crippen LogP contribution in [0.5, 0.6) is 0 Å². The van der Waals surface area contributed by atoms with Crippen LogP contribution in [0.4, 0.5) is 17.1 Å². The topological polar surface area (TPSA) is 34.5 Å². The highest BCUT2D eigenvalue weighted by molar-refractivity contribution is 6.21.